The number of hydrogen-bond acceptors (Lipinski definition) is 3. The van der Waals surface area contributed by atoms with Crippen molar-refractivity contribution < 1.29 is 9.90 Å². The zero-order valence-corrected chi connectivity index (χ0v) is 7.64. The topological polar surface area (TPSA) is 67.5 Å². The summed E-state index contributed by atoms with van der Waals surface area (Å²) in [5.41, 5.74) is 1.61. The van der Waals surface area contributed by atoms with Crippen molar-refractivity contribution in [2.75, 3.05) is 0 Å². The van der Waals surface area contributed by atoms with Gasteiger partial charge in [0.2, 0.25) is 5.82 Å². The lowest BCUT2D eigenvalue weighted by atomic mass is 10.2. The molecule has 72 valence electrons. The van der Waals surface area contributed by atoms with Crippen molar-refractivity contribution in [1.29, 1.82) is 0 Å². The van der Waals surface area contributed by atoms with Crippen LogP contribution in [0.3, 0.4) is 0 Å². The van der Waals surface area contributed by atoms with Crippen molar-refractivity contribution in [3.05, 3.63) is 29.7 Å². The maximum atomic E-state index is 10.8. The SMILES string of the molecule is CCc1cccn2c(C(=O)O)nnc12. The van der Waals surface area contributed by atoms with E-state index in [1.807, 2.05) is 13.0 Å². The summed E-state index contributed by atoms with van der Waals surface area (Å²) in [5.74, 6) is -1.11. The Kier molecular flexibility index (Phi) is 1.92. The molecule has 2 aromatic rings. The number of fused-ring (bicyclic) bond motifs is 1. The van der Waals surface area contributed by atoms with Gasteiger partial charge in [0.15, 0.2) is 5.65 Å². The van der Waals surface area contributed by atoms with E-state index in [4.69, 9.17) is 5.11 Å². The Bertz CT molecular complexity index is 490. The third-order valence-electron chi connectivity index (χ3n) is 2.09. The minimum atomic E-state index is -1.06. The molecular weight excluding hydrogens is 182 g/mol. The highest BCUT2D eigenvalue weighted by molar-refractivity contribution is 5.84. The standard InChI is InChI=1S/C9H9N3O2/c1-2-6-4-3-5-12-7(6)10-11-8(12)9(13)14/h3-5H,2H2,1H3,(H,13,14). The van der Waals surface area contributed by atoms with Crippen LogP contribution in [0.25, 0.3) is 5.65 Å². The monoisotopic (exact) mass is 191 g/mol. The highest BCUT2D eigenvalue weighted by Crippen LogP contribution is 2.10. The normalized spacial score (nSPS) is 10.6. The summed E-state index contributed by atoms with van der Waals surface area (Å²) < 4.78 is 1.49. The van der Waals surface area contributed by atoms with Gasteiger partial charge in [-0.15, -0.1) is 10.2 Å². The third kappa shape index (κ3) is 1.14. The first-order valence-electron chi connectivity index (χ1n) is 4.30. The maximum absolute atomic E-state index is 10.8. The van der Waals surface area contributed by atoms with E-state index in [1.165, 1.54) is 4.40 Å². The summed E-state index contributed by atoms with van der Waals surface area (Å²) in [5, 5.41) is 16.3. The van der Waals surface area contributed by atoms with E-state index in [-0.39, 0.29) is 5.82 Å². The van der Waals surface area contributed by atoms with Crippen LogP contribution < -0.4 is 0 Å². The molecular formula is C9H9N3O2. The number of hydrogen-bond donors (Lipinski definition) is 1. The summed E-state index contributed by atoms with van der Waals surface area (Å²) >= 11 is 0. The van der Waals surface area contributed by atoms with Gasteiger partial charge < -0.3 is 5.11 Å². The summed E-state index contributed by atoms with van der Waals surface area (Å²) in [6, 6.07) is 3.71. The average Bonchev–Trinajstić information content (AvgIpc) is 2.60. The molecule has 2 heterocycles. The van der Waals surface area contributed by atoms with Gasteiger partial charge in [0.05, 0.1) is 0 Å². The van der Waals surface area contributed by atoms with Crippen LogP contribution in [0, 0.1) is 0 Å². The smallest absolute Gasteiger partial charge is 0.374 e. The van der Waals surface area contributed by atoms with Gasteiger partial charge in [-0.1, -0.05) is 13.0 Å². The molecule has 5 heteroatoms. The van der Waals surface area contributed by atoms with E-state index < -0.39 is 5.97 Å². The lowest BCUT2D eigenvalue weighted by molar-refractivity contribution is 0.0682. The Morgan fingerprint density at radius 3 is 3.00 bits per heavy atom. The van der Waals surface area contributed by atoms with Crippen LogP contribution in [0.5, 0.6) is 0 Å². The van der Waals surface area contributed by atoms with Crippen molar-refractivity contribution in [2.45, 2.75) is 13.3 Å². The van der Waals surface area contributed by atoms with Crippen LogP contribution >= 0.6 is 0 Å². The molecule has 0 aliphatic rings. The Hall–Kier alpha value is -1.91. The fourth-order valence-electron chi connectivity index (χ4n) is 1.39. The largest absolute Gasteiger partial charge is 0.475 e. The third-order valence-corrected chi connectivity index (χ3v) is 2.09. The number of aryl methyl sites for hydroxylation is 1. The number of carbonyl (C=O) groups is 1. The number of aromatic nitrogens is 3. The molecule has 0 amide bonds. The van der Waals surface area contributed by atoms with Crippen LogP contribution in [-0.4, -0.2) is 25.7 Å². The number of pyridine rings is 1. The maximum Gasteiger partial charge on any atom is 0.374 e. The number of nitrogens with zero attached hydrogens (tertiary/aromatic N) is 3. The highest BCUT2D eigenvalue weighted by atomic mass is 16.4. The van der Waals surface area contributed by atoms with E-state index in [0.717, 1.165) is 12.0 Å². The molecule has 0 aromatic carbocycles. The van der Waals surface area contributed by atoms with Crippen molar-refractivity contribution in [1.82, 2.24) is 14.6 Å². The second-order valence-corrected chi connectivity index (χ2v) is 2.91. The quantitative estimate of drug-likeness (QED) is 0.768. The van der Waals surface area contributed by atoms with E-state index in [1.54, 1.807) is 12.3 Å². The molecule has 0 fully saturated rings. The molecule has 0 bridgehead atoms. The van der Waals surface area contributed by atoms with Crippen LogP contribution in [0.4, 0.5) is 0 Å². The Balaban J connectivity index is 2.75. The molecule has 0 unspecified atom stereocenters. The molecule has 2 aromatic heterocycles. The van der Waals surface area contributed by atoms with Gasteiger partial charge in [-0.2, -0.15) is 0 Å². The van der Waals surface area contributed by atoms with Gasteiger partial charge in [0.1, 0.15) is 0 Å². The van der Waals surface area contributed by atoms with Crippen LogP contribution in [0.15, 0.2) is 18.3 Å². The fourth-order valence-corrected chi connectivity index (χ4v) is 1.39. The minimum absolute atomic E-state index is 0.0460. The molecule has 0 saturated heterocycles. The zero-order valence-electron chi connectivity index (χ0n) is 7.64. The molecule has 0 radical (unpaired) electrons. The predicted molar refractivity (Wildman–Crippen MR) is 49.3 cm³/mol. The second-order valence-electron chi connectivity index (χ2n) is 2.91. The summed E-state index contributed by atoms with van der Waals surface area (Å²) in [7, 11) is 0. The number of aromatic carboxylic acids is 1. The van der Waals surface area contributed by atoms with Gasteiger partial charge in [0, 0.05) is 6.20 Å². The molecule has 5 nitrogen and oxygen atoms in total. The predicted octanol–water partition coefficient (Wildman–Crippen LogP) is 0.990. The van der Waals surface area contributed by atoms with E-state index in [2.05, 4.69) is 10.2 Å². The summed E-state index contributed by atoms with van der Waals surface area (Å²) in [6.07, 6.45) is 2.46. The Labute approximate surface area is 80.0 Å². The molecule has 0 spiro atoms. The lowest BCUT2D eigenvalue weighted by Gasteiger charge is -1.98. The van der Waals surface area contributed by atoms with E-state index in [9.17, 15) is 4.79 Å². The van der Waals surface area contributed by atoms with Crippen LogP contribution in [0.2, 0.25) is 0 Å². The van der Waals surface area contributed by atoms with E-state index in [0.29, 0.717) is 5.65 Å². The molecule has 14 heavy (non-hydrogen) atoms. The molecule has 0 aliphatic heterocycles. The van der Waals surface area contributed by atoms with Gasteiger partial charge in [-0.25, -0.2) is 4.79 Å². The molecule has 1 N–H and O–H groups in total. The Morgan fingerprint density at radius 2 is 2.36 bits per heavy atom. The first-order valence-corrected chi connectivity index (χ1v) is 4.30. The molecule has 0 aliphatic carbocycles. The average molecular weight is 191 g/mol. The lowest BCUT2D eigenvalue weighted by Crippen LogP contribution is -2.03. The number of carboxylic acids is 1. The first kappa shape index (κ1) is 8.68. The van der Waals surface area contributed by atoms with Gasteiger partial charge in [-0.05, 0) is 18.1 Å². The first-order chi connectivity index (χ1) is 6.74. The van der Waals surface area contributed by atoms with Crippen LogP contribution in [0.1, 0.15) is 23.1 Å². The minimum Gasteiger partial charge on any atom is -0.475 e. The van der Waals surface area contributed by atoms with E-state index >= 15 is 0 Å². The van der Waals surface area contributed by atoms with Gasteiger partial charge >= 0.3 is 5.97 Å². The molecule has 0 saturated carbocycles. The molecule has 2 rings (SSSR count). The number of rotatable bonds is 2. The van der Waals surface area contributed by atoms with Gasteiger partial charge in [0.25, 0.3) is 0 Å². The second kappa shape index (κ2) is 3.10. The molecule has 0 atom stereocenters. The van der Waals surface area contributed by atoms with Gasteiger partial charge in [-0.3, -0.25) is 4.40 Å². The summed E-state index contributed by atoms with van der Waals surface area (Å²) in [4.78, 5) is 10.8. The number of carboxylic acid groups (broad SMARTS) is 1. The highest BCUT2D eigenvalue weighted by Gasteiger charge is 2.13. The van der Waals surface area contributed by atoms with Crippen LogP contribution in [-0.2, 0) is 6.42 Å². The van der Waals surface area contributed by atoms with Crippen molar-refractivity contribution in [2.24, 2.45) is 0 Å². The fraction of sp³-hybridized carbons (Fsp3) is 0.222. The Morgan fingerprint density at radius 1 is 1.57 bits per heavy atom. The van der Waals surface area contributed by atoms with Crippen molar-refractivity contribution in [3.63, 3.8) is 0 Å². The summed E-state index contributed by atoms with van der Waals surface area (Å²) in [6.45, 7) is 1.99. The zero-order chi connectivity index (χ0) is 10.1. The van der Waals surface area contributed by atoms with Crippen molar-refractivity contribution in [3.8, 4) is 0 Å². The van der Waals surface area contributed by atoms with Crippen molar-refractivity contribution >= 4 is 11.6 Å².